The third-order valence-corrected chi connectivity index (χ3v) is 9.85. The lowest BCUT2D eigenvalue weighted by Crippen LogP contribution is -2.60. The molecule has 1 rings (SSSR count). The summed E-state index contributed by atoms with van der Waals surface area (Å²) in [4.78, 5) is 12.9. The van der Waals surface area contributed by atoms with Crippen LogP contribution in [0.4, 0.5) is 0 Å². The van der Waals surface area contributed by atoms with Gasteiger partial charge in [0, 0.05) is 6.42 Å². The SMILES string of the molecule is CCCCC/C=C/CC/C=C/CC/C=C/C(O)C(COC1OC(CO)C(O)C(O)C1O)NC(=O)CCCCCCCCC/C=C\CCCCCCCC. The van der Waals surface area contributed by atoms with Crippen LogP contribution >= 0.6 is 0 Å². The average Bonchev–Trinajstić information content (AvgIpc) is 3.16. The number of aliphatic hydroxyl groups excluding tert-OH is 5. The molecule has 0 aromatic heterocycles. The van der Waals surface area contributed by atoms with Crippen LogP contribution in [0.2, 0.25) is 0 Å². The summed E-state index contributed by atoms with van der Waals surface area (Å²) in [7, 11) is 0. The van der Waals surface area contributed by atoms with Crippen molar-refractivity contribution in [1.29, 1.82) is 0 Å². The molecule has 1 fully saturated rings. The molecule has 6 N–H and O–H groups in total. The zero-order chi connectivity index (χ0) is 38.8. The van der Waals surface area contributed by atoms with Crippen LogP contribution in [-0.4, -0.2) is 87.5 Å². The Morgan fingerprint density at radius 3 is 1.62 bits per heavy atom. The first-order valence-corrected chi connectivity index (χ1v) is 21.4. The van der Waals surface area contributed by atoms with Crippen molar-refractivity contribution in [1.82, 2.24) is 5.32 Å². The van der Waals surface area contributed by atoms with Gasteiger partial charge < -0.3 is 40.3 Å². The van der Waals surface area contributed by atoms with Crippen molar-refractivity contribution in [3.63, 3.8) is 0 Å². The van der Waals surface area contributed by atoms with Crippen LogP contribution in [0.3, 0.4) is 0 Å². The average molecular weight is 750 g/mol. The molecule has 0 aromatic carbocycles. The predicted octanol–water partition coefficient (Wildman–Crippen LogP) is 8.28. The summed E-state index contributed by atoms with van der Waals surface area (Å²) >= 11 is 0. The van der Waals surface area contributed by atoms with Gasteiger partial charge in [-0.3, -0.25) is 4.79 Å². The van der Waals surface area contributed by atoms with Crippen LogP contribution in [0.15, 0.2) is 48.6 Å². The normalized spacial score (nSPS) is 22.1. The van der Waals surface area contributed by atoms with Gasteiger partial charge in [0.2, 0.25) is 5.91 Å². The van der Waals surface area contributed by atoms with Crippen molar-refractivity contribution in [2.45, 2.75) is 211 Å². The number of unbranched alkanes of at least 4 members (excludes halogenated alkanes) is 18. The Morgan fingerprint density at radius 1 is 0.623 bits per heavy atom. The van der Waals surface area contributed by atoms with E-state index in [2.05, 4.69) is 55.6 Å². The number of ether oxygens (including phenoxy) is 2. The maximum Gasteiger partial charge on any atom is 0.220 e. The van der Waals surface area contributed by atoms with Crippen molar-refractivity contribution < 1.29 is 39.8 Å². The second kappa shape index (κ2) is 34.6. The standard InChI is InChI=1S/C44H79NO8/c1-3-5-7-9-11-13-15-17-18-19-20-22-24-26-28-30-32-34-40(48)45-37(36-52-44-43(51)42(50)41(49)39(35-46)53-44)38(47)33-31-29-27-25-23-21-16-14-12-10-8-6-4-2/h12,14,17-18,23,25,31,33,37-39,41-44,46-47,49-51H,3-11,13,15-16,19-22,24,26-30,32,34-36H2,1-2H3,(H,45,48)/b14-12+,18-17-,25-23+,33-31+. The highest BCUT2D eigenvalue weighted by Gasteiger charge is 2.44. The van der Waals surface area contributed by atoms with Crippen LogP contribution in [0, 0.1) is 0 Å². The second-order valence-electron chi connectivity index (χ2n) is 14.8. The maximum absolute atomic E-state index is 12.9. The molecule has 7 unspecified atom stereocenters. The highest BCUT2D eigenvalue weighted by molar-refractivity contribution is 5.76. The first-order chi connectivity index (χ1) is 25.8. The lowest BCUT2D eigenvalue weighted by Gasteiger charge is -2.40. The van der Waals surface area contributed by atoms with Crippen LogP contribution in [-0.2, 0) is 14.3 Å². The van der Waals surface area contributed by atoms with Crippen LogP contribution in [0.25, 0.3) is 0 Å². The topological polar surface area (TPSA) is 149 Å². The molecular formula is C44H79NO8. The van der Waals surface area contributed by atoms with Crippen molar-refractivity contribution in [2.24, 2.45) is 0 Å². The van der Waals surface area contributed by atoms with E-state index in [1.165, 1.54) is 83.5 Å². The summed E-state index contributed by atoms with van der Waals surface area (Å²) in [6, 6.07) is -0.828. The van der Waals surface area contributed by atoms with E-state index in [4.69, 9.17) is 9.47 Å². The van der Waals surface area contributed by atoms with E-state index in [-0.39, 0.29) is 12.5 Å². The molecule has 1 aliphatic rings. The molecule has 0 spiro atoms. The zero-order valence-electron chi connectivity index (χ0n) is 33.5. The Balaban J connectivity index is 2.42. The minimum Gasteiger partial charge on any atom is -0.394 e. The summed E-state index contributed by atoms with van der Waals surface area (Å²) < 4.78 is 11.2. The molecule has 9 nitrogen and oxygen atoms in total. The van der Waals surface area contributed by atoms with Crippen molar-refractivity contribution in [3.8, 4) is 0 Å². The molecule has 0 aromatic rings. The van der Waals surface area contributed by atoms with Crippen molar-refractivity contribution in [3.05, 3.63) is 48.6 Å². The zero-order valence-corrected chi connectivity index (χ0v) is 33.5. The molecule has 1 heterocycles. The Bertz CT molecular complexity index is 967. The third kappa shape index (κ3) is 25.8. The molecule has 0 radical (unpaired) electrons. The predicted molar refractivity (Wildman–Crippen MR) is 216 cm³/mol. The molecule has 9 heteroatoms. The molecule has 0 saturated carbocycles. The van der Waals surface area contributed by atoms with Gasteiger partial charge >= 0.3 is 0 Å². The van der Waals surface area contributed by atoms with Crippen LogP contribution in [0.1, 0.15) is 168 Å². The largest absolute Gasteiger partial charge is 0.394 e. The summed E-state index contributed by atoms with van der Waals surface area (Å²) in [6.45, 7) is 3.69. The molecule has 7 atom stereocenters. The van der Waals surface area contributed by atoms with E-state index in [1.807, 2.05) is 6.08 Å². The van der Waals surface area contributed by atoms with Gasteiger partial charge in [-0.15, -0.1) is 0 Å². The minimum atomic E-state index is -1.57. The molecule has 1 saturated heterocycles. The Labute approximate surface area is 323 Å². The molecular weight excluding hydrogens is 670 g/mol. The third-order valence-electron chi connectivity index (χ3n) is 9.85. The molecule has 308 valence electrons. The highest BCUT2D eigenvalue weighted by Crippen LogP contribution is 2.22. The number of amides is 1. The smallest absolute Gasteiger partial charge is 0.220 e. The second-order valence-corrected chi connectivity index (χ2v) is 14.8. The Hall–Kier alpha value is -1.85. The lowest BCUT2D eigenvalue weighted by molar-refractivity contribution is -0.302. The Kier molecular flexibility index (Phi) is 32.1. The fraction of sp³-hybridized carbons (Fsp3) is 0.795. The summed E-state index contributed by atoms with van der Waals surface area (Å²) in [6.07, 6.45) is 35.8. The van der Waals surface area contributed by atoms with Gasteiger partial charge in [-0.1, -0.05) is 140 Å². The number of carbonyl (C=O) groups excluding carboxylic acids is 1. The number of hydrogen-bond acceptors (Lipinski definition) is 8. The first-order valence-electron chi connectivity index (χ1n) is 21.4. The number of hydrogen-bond donors (Lipinski definition) is 6. The van der Waals surface area contributed by atoms with Gasteiger partial charge in [0.05, 0.1) is 25.4 Å². The number of aliphatic hydroxyl groups is 5. The fourth-order valence-corrected chi connectivity index (χ4v) is 6.36. The van der Waals surface area contributed by atoms with Gasteiger partial charge in [0.25, 0.3) is 0 Å². The van der Waals surface area contributed by atoms with Gasteiger partial charge in [-0.2, -0.15) is 0 Å². The summed E-state index contributed by atoms with van der Waals surface area (Å²) in [5.74, 6) is -0.199. The van der Waals surface area contributed by atoms with Crippen LogP contribution < -0.4 is 5.32 Å². The van der Waals surface area contributed by atoms with Gasteiger partial charge in [0.15, 0.2) is 6.29 Å². The fourth-order valence-electron chi connectivity index (χ4n) is 6.36. The maximum atomic E-state index is 12.9. The summed E-state index contributed by atoms with van der Waals surface area (Å²) in [5.41, 5.74) is 0. The molecule has 1 aliphatic heterocycles. The van der Waals surface area contributed by atoms with E-state index < -0.39 is 49.5 Å². The molecule has 0 bridgehead atoms. The van der Waals surface area contributed by atoms with Gasteiger partial charge in [-0.25, -0.2) is 0 Å². The first kappa shape index (κ1) is 49.2. The highest BCUT2D eigenvalue weighted by atomic mass is 16.7. The van der Waals surface area contributed by atoms with Gasteiger partial charge in [0.1, 0.15) is 24.4 Å². The van der Waals surface area contributed by atoms with E-state index in [9.17, 15) is 30.3 Å². The molecule has 1 amide bonds. The van der Waals surface area contributed by atoms with E-state index in [0.717, 1.165) is 64.2 Å². The van der Waals surface area contributed by atoms with E-state index in [1.54, 1.807) is 6.08 Å². The Morgan fingerprint density at radius 2 is 1.08 bits per heavy atom. The van der Waals surface area contributed by atoms with Crippen molar-refractivity contribution >= 4 is 5.91 Å². The minimum absolute atomic E-state index is 0.199. The monoisotopic (exact) mass is 750 g/mol. The number of rotatable bonds is 34. The number of allylic oxidation sites excluding steroid dienone is 7. The van der Waals surface area contributed by atoms with E-state index >= 15 is 0 Å². The lowest BCUT2D eigenvalue weighted by atomic mass is 9.99. The summed E-state index contributed by atoms with van der Waals surface area (Å²) in [5, 5.41) is 54.0. The van der Waals surface area contributed by atoms with Crippen molar-refractivity contribution in [2.75, 3.05) is 13.2 Å². The number of carbonyl (C=O) groups is 1. The van der Waals surface area contributed by atoms with Gasteiger partial charge in [-0.05, 0) is 70.6 Å². The van der Waals surface area contributed by atoms with Crippen LogP contribution in [0.5, 0.6) is 0 Å². The van der Waals surface area contributed by atoms with E-state index in [0.29, 0.717) is 6.42 Å². The molecule has 53 heavy (non-hydrogen) atoms. The molecule has 0 aliphatic carbocycles. The number of nitrogens with one attached hydrogen (secondary N) is 1. The quantitative estimate of drug-likeness (QED) is 0.0285.